The summed E-state index contributed by atoms with van der Waals surface area (Å²) in [7, 11) is 0. The van der Waals surface area contributed by atoms with E-state index in [1.165, 1.54) is 0 Å². The largest absolute Gasteiger partial charge is 0.507 e. The molecule has 0 heterocycles. The van der Waals surface area contributed by atoms with E-state index >= 15 is 0 Å². The van der Waals surface area contributed by atoms with Crippen LogP contribution in [-0.4, -0.2) is 32.7 Å². The molecular formula is C10H12N2O6. The Morgan fingerprint density at radius 1 is 1.39 bits per heavy atom. The normalized spacial score (nSPS) is 10.1. The molecule has 1 aromatic carbocycles. The molecule has 0 saturated heterocycles. The van der Waals surface area contributed by atoms with Gasteiger partial charge in [0, 0.05) is 12.6 Å². The van der Waals surface area contributed by atoms with Crippen LogP contribution in [0.1, 0.15) is 23.7 Å². The smallest absolute Gasteiger partial charge is 0.353 e. The standard InChI is InChI=1S/C10H12N2O6/c1-2-3-11-10(16)7-5(13)4-6(14)8(9(7)15)12(17)18/h4,13-15H,2-3H2,1H3,(H,11,16). The van der Waals surface area contributed by atoms with Gasteiger partial charge >= 0.3 is 5.69 Å². The first kappa shape index (κ1) is 13.6. The number of carbonyl (C=O) groups excluding carboxylic acids is 1. The second-order valence-electron chi connectivity index (χ2n) is 3.50. The number of carbonyl (C=O) groups is 1. The van der Waals surface area contributed by atoms with Crippen LogP contribution >= 0.6 is 0 Å². The van der Waals surface area contributed by atoms with Crippen LogP contribution in [0.15, 0.2) is 6.07 Å². The number of nitrogens with one attached hydrogen (secondary N) is 1. The molecule has 0 aliphatic carbocycles. The highest BCUT2D eigenvalue weighted by atomic mass is 16.6. The molecule has 1 aromatic rings. The zero-order chi connectivity index (χ0) is 13.9. The first-order chi connectivity index (χ1) is 8.40. The average Bonchev–Trinajstić information content (AvgIpc) is 2.24. The molecule has 8 nitrogen and oxygen atoms in total. The second-order valence-corrected chi connectivity index (χ2v) is 3.50. The predicted octanol–water partition coefficient (Wildman–Crippen LogP) is 0.851. The number of benzene rings is 1. The topological polar surface area (TPSA) is 133 Å². The van der Waals surface area contributed by atoms with Crippen LogP contribution in [0.5, 0.6) is 17.2 Å². The van der Waals surface area contributed by atoms with Crippen LogP contribution in [0.2, 0.25) is 0 Å². The lowest BCUT2D eigenvalue weighted by Crippen LogP contribution is -2.24. The number of nitro groups is 1. The summed E-state index contributed by atoms with van der Waals surface area (Å²) in [6, 6.07) is 0.638. The summed E-state index contributed by atoms with van der Waals surface area (Å²) < 4.78 is 0. The van der Waals surface area contributed by atoms with Crippen LogP contribution in [0.25, 0.3) is 0 Å². The van der Waals surface area contributed by atoms with E-state index in [1.54, 1.807) is 6.92 Å². The zero-order valence-electron chi connectivity index (χ0n) is 9.51. The van der Waals surface area contributed by atoms with Crippen molar-refractivity contribution in [3.05, 3.63) is 21.7 Å². The van der Waals surface area contributed by atoms with E-state index in [2.05, 4.69) is 5.32 Å². The van der Waals surface area contributed by atoms with Crippen molar-refractivity contribution in [1.82, 2.24) is 5.32 Å². The van der Waals surface area contributed by atoms with Gasteiger partial charge in [0.1, 0.15) is 11.3 Å². The summed E-state index contributed by atoms with van der Waals surface area (Å²) in [6.07, 6.45) is 0.618. The Morgan fingerprint density at radius 2 is 2.00 bits per heavy atom. The van der Waals surface area contributed by atoms with Gasteiger partial charge < -0.3 is 20.6 Å². The van der Waals surface area contributed by atoms with Crippen molar-refractivity contribution in [1.29, 1.82) is 0 Å². The Hall–Kier alpha value is -2.51. The van der Waals surface area contributed by atoms with Gasteiger partial charge in [0.05, 0.1) is 4.92 Å². The third-order valence-electron chi connectivity index (χ3n) is 2.18. The van der Waals surface area contributed by atoms with Crippen molar-refractivity contribution in [3.8, 4) is 17.2 Å². The number of nitrogens with zero attached hydrogens (tertiary/aromatic N) is 1. The van der Waals surface area contributed by atoms with Crippen molar-refractivity contribution in [2.24, 2.45) is 0 Å². The summed E-state index contributed by atoms with van der Waals surface area (Å²) in [5.74, 6) is -3.56. The van der Waals surface area contributed by atoms with Gasteiger partial charge in [-0.15, -0.1) is 0 Å². The Kier molecular flexibility index (Phi) is 3.93. The molecule has 0 bridgehead atoms. The Morgan fingerprint density at radius 3 is 2.50 bits per heavy atom. The van der Waals surface area contributed by atoms with E-state index in [4.69, 9.17) is 0 Å². The third kappa shape index (κ3) is 2.42. The van der Waals surface area contributed by atoms with Crippen LogP contribution < -0.4 is 5.32 Å². The fraction of sp³-hybridized carbons (Fsp3) is 0.300. The third-order valence-corrected chi connectivity index (χ3v) is 2.18. The van der Waals surface area contributed by atoms with Crippen molar-refractivity contribution < 1.29 is 25.0 Å². The minimum Gasteiger partial charge on any atom is -0.507 e. The van der Waals surface area contributed by atoms with Gasteiger partial charge in [-0.1, -0.05) is 6.92 Å². The monoisotopic (exact) mass is 256 g/mol. The first-order valence-corrected chi connectivity index (χ1v) is 5.10. The molecule has 8 heteroatoms. The number of nitro benzene ring substituents is 1. The quantitative estimate of drug-likeness (QED) is 0.466. The van der Waals surface area contributed by atoms with Crippen LogP contribution in [0, 0.1) is 10.1 Å². The summed E-state index contributed by atoms with van der Waals surface area (Å²) in [4.78, 5) is 21.2. The molecule has 0 saturated carbocycles. The van der Waals surface area contributed by atoms with Crippen LogP contribution in [0.4, 0.5) is 5.69 Å². The van der Waals surface area contributed by atoms with E-state index in [0.717, 1.165) is 0 Å². The minimum absolute atomic E-state index is 0.284. The maximum absolute atomic E-state index is 11.6. The highest BCUT2D eigenvalue weighted by Crippen LogP contribution is 2.42. The van der Waals surface area contributed by atoms with Gasteiger partial charge in [0.15, 0.2) is 0 Å². The fourth-order valence-corrected chi connectivity index (χ4v) is 1.36. The maximum atomic E-state index is 11.6. The Balaban J connectivity index is 3.31. The van der Waals surface area contributed by atoms with E-state index in [-0.39, 0.29) is 6.54 Å². The van der Waals surface area contributed by atoms with Gasteiger partial charge in [-0.05, 0) is 6.42 Å². The van der Waals surface area contributed by atoms with Gasteiger partial charge in [0.25, 0.3) is 5.91 Å². The average molecular weight is 256 g/mol. The summed E-state index contributed by atoms with van der Waals surface area (Å²) >= 11 is 0. The molecule has 0 aliphatic rings. The zero-order valence-corrected chi connectivity index (χ0v) is 9.51. The molecule has 1 amide bonds. The molecule has 0 unspecified atom stereocenters. The van der Waals surface area contributed by atoms with Crippen molar-refractivity contribution in [3.63, 3.8) is 0 Å². The SMILES string of the molecule is CCCNC(=O)c1c(O)cc(O)c([N+](=O)[O-])c1O. The lowest BCUT2D eigenvalue weighted by molar-refractivity contribution is -0.386. The molecule has 0 atom stereocenters. The molecule has 0 spiro atoms. The number of rotatable bonds is 4. The number of aromatic hydroxyl groups is 3. The lowest BCUT2D eigenvalue weighted by Gasteiger charge is -2.08. The number of hydrogen-bond acceptors (Lipinski definition) is 6. The van der Waals surface area contributed by atoms with Crippen LogP contribution in [0.3, 0.4) is 0 Å². The van der Waals surface area contributed by atoms with E-state index < -0.39 is 39.3 Å². The lowest BCUT2D eigenvalue weighted by atomic mass is 10.1. The van der Waals surface area contributed by atoms with E-state index in [9.17, 15) is 30.2 Å². The Bertz CT molecular complexity index is 500. The molecule has 98 valence electrons. The molecule has 1 rings (SSSR count). The molecule has 0 aliphatic heterocycles. The maximum Gasteiger partial charge on any atom is 0.353 e. The highest BCUT2D eigenvalue weighted by Gasteiger charge is 2.29. The number of amides is 1. The molecule has 0 radical (unpaired) electrons. The summed E-state index contributed by atoms with van der Waals surface area (Å²) in [5.41, 5.74) is -1.65. The number of phenols is 3. The van der Waals surface area contributed by atoms with Gasteiger partial charge in [-0.2, -0.15) is 0 Å². The van der Waals surface area contributed by atoms with Crippen molar-refractivity contribution in [2.45, 2.75) is 13.3 Å². The molecule has 0 fully saturated rings. The minimum atomic E-state index is -1.06. The number of phenolic OH excluding ortho intramolecular Hbond substituents is 3. The fourth-order valence-electron chi connectivity index (χ4n) is 1.36. The second kappa shape index (κ2) is 5.21. The highest BCUT2D eigenvalue weighted by molar-refractivity contribution is 6.01. The predicted molar refractivity (Wildman–Crippen MR) is 60.7 cm³/mol. The van der Waals surface area contributed by atoms with E-state index in [1.807, 2.05) is 0 Å². The van der Waals surface area contributed by atoms with Gasteiger partial charge in [-0.25, -0.2) is 0 Å². The van der Waals surface area contributed by atoms with Crippen molar-refractivity contribution >= 4 is 11.6 Å². The molecule has 0 aromatic heterocycles. The summed E-state index contributed by atoms with van der Waals surface area (Å²) in [6.45, 7) is 2.08. The molecule has 18 heavy (non-hydrogen) atoms. The summed E-state index contributed by atoms with van der Waals surface area (Å²) in [5, 5.41) is 41.2. The molecule has 4 N–H and O–H groups in total. The van der Waals surface area contributed by atoms with Crippen LogP contribution in [-0.2, 0) is 0 Å². The van der Waals surface area contributed by atoms with Gasteiger partial charge in [0.2, 0.25) is 11.5 Å². The Labute approximate surface area is 102 Å². The van der Waals surface area contributed by atoms with Crippen molar-refractivity contribution in [2.75, 3.05) is 6.54 Å². The molecular weight excluding hydrogens is 244 g/mol. The van der Waals surface area contributed by atoms with Gasteiger partial charge in [-0.3, -0.25) is 14.9 Å². The van der Waals surface area contributed by atoms with E-state index in [0.29, 0.717) is 12.5 Å². The number of hydrogen-bond donors (Lipinski definition) is 4. The first-order valence-electron chi connectivity index (χ1n) is 5.10.